The van der Waals surface area contributed by atoms with Crippen LogP contribution in [0.25, 0.3) is 0 Å². The van der Waals surface area contributed by atoms with Gasteiger partial charge >= 0.3 is 5.69 Å². The maximum absolute atomic E-state index is 12.9. The zero-order valence-corrected chi connectivity index (χ0v) is 17.3. The lowest BCUT2D eigenvalue weighted by Crippen LogP contribution is -2.25. The Morgan fingerprint density at radius 3 is 2.28 bits per heavy atom. The van der Waals surface area contributed by atoms with Crippen molar-refractivity contribution < 1.29 is 19.6 Å². The van der Waals surface area contributed by atoms with Crippen molar-refractivity contribution >= 4 is 17.8 Å². The van der Waals surface area contributed by atoms with E-state index in [0.29, 0.717) is 12.0 Å². The molecular formula is C24H21N3O5. The van der Waals surface area contributed by atoms with Crippen LogP contribution in [0.15, 0.2) is 77.9 Å². The molecule has 0 radical (unpaired) electrons. The van der Waals surface area contributed by atoms with Crippen LogP contribution in [0.3, 0.4) is 0 Å². The van der Waals surface area contributed by atoms with Crippen molar-refractivity contribution in [2.75, 3.05) is 7.11 Å². The van der Waals surface area contributed by atoms with E-state index in [-0.39, 0.29) is 17.6 Å². The zero-order chi connectivity index (χ0) is 22.7. The molecule has 0 bridgehead atoms. The van der Waals surface area contributed by atoms with Gasteiger partial charge in [-0.2, -0.15) is 5.10 Å². The molecular weight excluding hydrogens is 410 g/mol. The van der Waals surface area contributed by atoms with E-state index in [4.69, 9.17) is 4.74 Å². The maximum Gasteiger partial charge on any atom is 0.315 e. The molecule has 0 spiro atoms. The highest BCUT2D eigenvalue weighted by molar-refractivity contribution is 5.88. The first-order chi connectivity index (χ1) is 15.5. The Morgan fingerprint density at radius 1 is 1.16 bits per heavy atom. The Morgan fingerprint density at radius 2 is 1.75 bits per heavy atom. The summed E-state index contributed by atoms with van der Waals surface area (Å²) < 4.78 is 4.97. The molecule has 1 aliphatic carbocycles. The number of benzene rings is 3. The van der Waals surface area contributed by atoms with Crippen molar-refractivity contribution in [3.05, 3.63) is 99.6 Å². The predicted molar refractivity (Wildman–Crippen MR) is 119 cm³/mol. The standard InChI is InChI=1S/C24H21N3O5/c1-32-21-13-16(12-20(22(21)28)27(30)31)15-25-26-23(29)19-14-24(19,17-8-4-2-5-9-17)18-10-6-3-7-11-18/h2-13,15,19,28H,14H2,1H3,(H,26,29). The van der Waals surface area contributed by atoms with Gasteiger partial charge in [-0.25, -0.2) is 5.43 Å². The molecule has 0 heterocycles. The summed E-state index contributed by atoms with van der Waals surface area (Å²) in [6.45, 7) is 0. The van der Waals surface area contributed by atoms with E-state index < -0.39 is 21.8 Å². The van der Waals surface area contributed by atoms with Crippen molar-refractivity contribution in [3.63, 3.8) is 0 Å². The van der Waals surface area contributed by atoms with Crippen LogP contribution >= 0.6 is 0 Å². The fourth-order valence-corrected chi connectivity index (χ4v) is 4.09. The molecule has 1 amide bonds. The van der Waals surface area contributed by atoms with Crippen LogP contribution in [0.2, 0.25) is 0 Å². The van der Waals surface area contributed by atoms with Gasteiger partial charge < -0.3 is 9.84 Å². The second-order valence-electron chi connectivity index (χ2n) is 7.54. The Hall–Kier alpha value is -4.20. The summed E-state index contributed by atoms with van der Waals surface area (Å²) in [5.74, 6) is -1.16. The highest BCUT2D eigenvalue weighted by Crippen LogP contribution is 2.58. The average molecular weight is 431 g/mol. The van der Waals surface area contributed by atoms with Crippen molar-refractivity contribution in [1.29, 1.82) is 0 Å². The number of hydrazone groups is 1. The van der Waals surface area contributed by atoms with E-state index in [1.54, 1.807) is 0 Å². The number of nitrogens with zero attached hydrogens (tertiary/aromatic N) is 2. The average Bonchev–Trinajstić information content (AvgIpc) is 3.58. The lowest BCUT2D eigenvalue weighted by atomic mass is 9.85. The minimum Gasteiger partial charge on any atom is -0.500 e. The van der Waals surface area contributed by atoms with Crippen molar-refractivity contribution in [2.45, 2.75) is 11.8 Å². The van der Waals surface area contributed by atoms with E-state index >= 15 is 0 Å². The molecule has 8 nitrogen and oxygen atoms in total. The lowest BCUT2D eigenvalue weighted by Gasteiger charge is -2.18. The molecule has 3 aromatic carbocycles. The van der Waals surface area contributed by atoms with Crippen molar-refractivity contribution in [1.82, 2.24) is 5.43 Å². The van der Waals surface area contributed by atoms with Gasteiger partial charge in [0, 0.05) is 17.0 Å². The van der Waals surface area contributed by atoms with Gasteiger partial charge in [0.2, 0.25) is 11.7 Å². The number of nitro groups is 1. The van der Waals surface area contributed by atoms with Crippen molar-refractivity contribution in [2.24, 2.45) is 11.0 Å². The van der Waals surface area contributed by atoms with Crippen LogP contribution in [0, 0.1) is 16.0 Å². The third-order valence-corrected chi connectivity index (χ3v) is 5.74. The third kappa shape index (κ3) is 3.78. The number of methoxy groups -OCH3 is 1. The third-order valence-electron chi connectivity index (χ3n) is 5.74. The van der Waals surface area contributed by atoms with E-state index in [9.17, 15) is 20.0 Å². The van der Waals surface area contributed by atoms with Gasteiger partial charge in [0.05, 0.1) is 24.2 Å². The van der Waals surface area contributed by atoms with Crippen LogP contribution in [0.5, 0.6) is 11.5 Å². The molecule has 1 saturated carbocycles. The predicted octanol–water partition coefficient (Wildman–Crippen LogP) is 3.77. The number of hydrogen-bond donors (Lipinski definition) is 2. The quantitative estimate of drug-likeness (QED) is 0.336. The Balaban J connectivity index is 1.55. The normalized spacial score (nSPS) is 16.5. The van der Waals surface area contributed by atoms with E-state index in [1.165, 1.54) is 19.4 Å². The summed E-state index contributed by atoms with van der Waals surface area (Å²) in [5.41, 5.74) is 4.06. The number of nitro benzene ring substituents is 1. The van der Waals surface area contributed by atoms with Crippen LogP contribution < -0.4 is 10.2 Å². The zero-order valence-electron chi connectivity index (χ0n) is 17.3. The second-order valence-corrected chi connectivity index (χ2v) is 7.54. The molecule has 2 N–H and O–H groups in total. The number of rotatable bonds is 7. The summed E-state index contributed by atoms with van der Waals surface area (Å²) in [6.07, 6.45) is 1.93. The largest absolute Gasteiger partial charge is 0.500 e. The van der Waals surface area contributed by atoms with Gasteiger partial charge in [0.1, 0.15) is 0 Å². The molecule has 0 aliphatic heterocycles. The van der Waals surface area contributed by atoms with Crippen LogP contribution in [-0.4, -0.2) is 29.3 Å². The monoisotopic (exact) mass is 431 g/mol. The van der Waals surface area contributed by atoms with Gasteiger partial charge in [0.15, 0.2) is 5.75 Å². The number of nitrogens with one attached hydrogen (secondary N) is 1. The van der Waals surface area contributed by atoms with Gasteiger partial charge in [-0.3, -0.25) is 14.9 Å². The Bertz CT molecular complexity index is 1140. The molecule has 1 unspecified atom stereocenters. The summed E-state index contributed by atoms with van der Waals surface area (Å²) >= 11 is 0. The highest BCUT2D eigenvalue weighted by Gasteiger charge is 2.60. The fourth-order valence-electron chi connectivity index (χ4n) is 4.09. The number of aromatic hydroxyl groups is 1. The van der Waals surface area contributed by atoms with E-state index in [0.717, 1.165) is 17.2 Å². The van der Waals surface area contributed by atoms with E-state index in [2.05, 4.69) is 10.5 Å². The maximum atomic E-state index is 12.9. The molecule has 4 rings (SSSR count). The molecule has 0 aromatic heterocycles. The fraction of sp³-hybridized carbons (Fsp3) is 0.167. The first-order valence-electron chi connectivity index (χ1n) is 9.96. The van der Waals surface area contributed by atoms with Gasteiger partial charge in [-0.1, -0.05) is 60.7 Å². The number of amides is 1. The number of carbonyl (C=O) groups is 1. The second kappa shape index (κ2) is 8.50. The minimum absolute atomic E-state index is 0.0543. The van der Waals surface area contributed by atoms with E-state index in [1.807, 2.05) is 60.7 Å². The topological polar surface area (TPSA) is 114 Å². The summed E-state index contributed by atoms with van der Waals surface area (Å²) in [6, 6.07) is 22.3. The number of carbonyl (C=O) groups excluding carboxylic acids is 1. The summed E-state index contributed by atoms with van der Waals surface area (Å²) in [7, 11) is 1.29. The SMILES string of the molecule is COc1cc(C=NNC(=O)C2CC2(c2ccccc2)c2ccccc2)cc([N+](=O)[O-])c1O. The molecule has 32 heavy (non-hydrogen) atoms. The minimum atomic E-state index is -0.716. The summed E-state index contributed by atoms with van der Waals surface area (Å²) in [4.78, 5) is 23.3. The molecule has 162 valence electrons. The van der Waals surface area contributed by atoms with Crippen molar-refractivity contribution in [3.8, 4) is 11.5 Å². The number of hydrogen-bond acceptors (Lipinski definition) is 6. The molecule has 1 aliphatic rings. The number of phenols is 1. The highest BCUT2D eigenvalue weighted by atomic mass is 16.6. The Kier molecular flexibility index (Phi) is 5.59. The molecule has 1 atom stereocenters. The molecule has 8 heteroatoms. The molecule has 0 saturated heterocycles. The number of phenolic OH excluding ortho intramolecular Hbond substituents is 1. The van der Waals surface area contributed by atoms with Crippen LogP contribution in [-0.2, 0) is 10.2 Å². The number of ether oxygens (including phenoxy) is 1. The Labute approximate surface area is 184 Å². The lowest BCUT2D eigenvalue weighted by molar-refractivity contribution is -0.386. The molecule has 3 aromatic rings. The first-order valence-corrected chi connectivity index (χ1v) is 9.96. The smallest absolute Gasteiger partial charge is 0.315 e. The molecule has 1 fully saturated rings. The van der Waals surface area contributed by atoms with Crippen LogP contribution in [0.1, 0.15) is 23.1 Å². The first kappa shape index (κ1) is 21.0. The van der Waals surface area contributed by atoms with Gasteiger partial charge in [-0.05, 0) is 23.6 Å². The summed E-state index contributed by atoms with van der Waals surface area (Å²) in [5, 5.41) is 25.0. The van der Waals surface area contributed by atoms with Gasteiger partial charge in [-0.15, -0.1) is 0 Å². The van der Waals surface area contributed by atoms with Crippen LogP contribution in [0.4, 0.5) is 5.69 Å². The van der Waals surface area contributed by atoms with Gasteiger partial charge in [0.25, 0.3) is 0 Å².